The fourth-order valence-electron chi connectivity index (χ4n) is 1.03. The lowest BCUT2D eigenvalue weighted by Crippen LogP contribution is -2.20. The van der Waals surface area contributed by atoms with Crippen molar-refractivity contribution in [3.63, 3.8) is 0 Å². The highest BCUT2D eigenvalue weighted by atomic mass is 16.4. The summed E-state index contributed by atoms with van der Waals surface area (Å²) in [6.45, 7) is 5.21. The number of nitrogens with one attached hydrogen (secondary N) is 1. The van der Waals surface area contributed by atoms with Crippen molar-refractivity contribution in [2.75, 3.05) is 0 Å². The first-order valence-electron chi connectivity index (χ1n) is 4.31. The molecule has 0 aliphatic heterocycles. The van der Waals surface area contributed by atoms with E-state index in [4.69, 9.17) is 5.11 Å². The van der Waals surface area contributed by atoms with Gasteiger partial charge in [0.05, 0.1) is 5.56 Å². The summed E-state index contributed by atoms with van der Waals surface area (Å²) in [6, 6.07) is 5.69. The summed E-state index contributed by atoms with van der Waals surface area (Å²) in [7, 11) is 0. The van der Waals surface area contributed by atoms with Crippen molar-refractivity contribution in [1.29, 1.82) is 0 Å². The molecule has 0 spiro atoms. The van der Waals surface area contributed by atoms with Crippen molar-refractivity contribution in [2.45, 2.75) is 6.92 Å². The van der Waals surface area contributed by atoms with Crippen LogP contribution in [0.15, 0.2) is 36.5 Å². The Morgan fingerprint density at radius 3 is 2.07 bits per heavy atom. The molecule has 0 unspecified atom stereocenters. The molecule has 0 saturated heterocycles. The van der Waals surface area contributed by atoms with Crippen molar-refractivity contribution < 1.29 is 14.7 Å². The number of rotatable bonds is 3. The summed E-state index contributed by atoms with van der Waals surface area (Å²) in [6.07, 6.45) is 0. The minimum absolute atomic E-state index is 0.155. The molecule has 2 N–H and O–H groups in total. The number of hydrogen-bond donors (Lipinski definition) is 2. The molecule has 0 radical (unpaired) electrons. The van der Waals surface area contributed by atoms with E-state index >= 15 is 0 Å². The molecule has 1 rings (SSSR count). The van der Waals surface area contributed by atoms with E-state index in [0.29, 0.717) is 11.3 Å². The Bertz CT molecular complexity index is 406. The lowest BCUT2D eigenvalue weighted by Gasteiger charge is -2.03. The minimum atomic E-state index is -1.01. The molecule has 0 bridgehead atoms. The van der Waals surface area contributed by atoms with E-state index in [9.17, 15) is 9.59 Å². The van der Waals surface area contributed by atoms with Crippen LogP contribution in [-0.2, 0) is 0 Å². The second kappa shape index (κ2) is 4.41. The third-order valence-corrected chi connectivity index (χ3v) is 1.72. The molecule has 1 aromatic rings. The first-order valence-corrected chi connectivity index (χ1v) is 4.31. The average Bonchev–Trinajstić information content (AvgIpc) is 2.17. The summed E-state index contributed by atoms with van der Waals surface area (Å²) in [5.74, 6) is -1.30. The van der Waals surface area contributed by atoms with Crippen molar-refractivity contribution in [2.24, 2.45) is 0 Å². The maximum absolute atomic E-state index is 11.4. The molecule has 0 fully saturated rings. The predicted octanol–water partition coefficient (Wildman–Crippen LogP) is 1.65. The highest BCUT2D eigenvalue weighted by Gasteiger charge is 2.06. The number of carboxylic acids is 1. The van der Waals surface area contributed by atoms with Crippen LogP contribution < -0.4 is 5.32 Å². The number of carbonyl (C=O) groups excluding carboxylic acids is 1. The predicted molar refractivity (Wildman–Crippen MR) is 55.7 cm³/mol. The first kappa shape index (κ1) is 11.0. The average molecular weight is 205 g/mol. The molecule has 0 atom stereocenters. The molecule has 0 aromatic heterocycles. The van der Waals surface area contributed by atoms with Gasteiger partial charge in [-0.2, -0.15) is 0 Å². The van der Waals surface area contributed by atoms with Crippen molar-refractivity contribution >= 4 is 11.9 Å². The number of amides is 1. The van der Waals surface area contributed by atoms with Gasteiger partial charge in [-0.15, -0.1) is 0 Å². The molecule has 78 valence electrons. The van der Waals surface area contributed by atoms with Crippen LogP contribution in [0.3, 0.4) is 0 Å². The van der Waals surface area contributed by atoms with Gasteiger partial charge >= 0.3 is 5.97 Å². The molecule has 0 saturated carbocycles. The molecule has 1 amide bonds. The van der Waals surface area contributed by atoms with E-state index in [1.807, 2.05) is 0 Å². The Morgan fingerprint density at radius 1 is 1.20 bits per heavy atom. The molecule has 0 aliphatic carbocycles. The summed E-state index contributed by atoms with van der Waals surface area (Å²) in [5.41, 5.74) is 1.10. The summed E-state index contributed by atoms with van der Waals surface area (Å²) in [4.78, 5) is 22.0. The third kappa shape index (κ3) is 2.95. The number of hydrogen-bond acceptors (Lipinski definition) is 2. The lowest BCUT2D eigenvalue weighted by molar-refractivity contribution is 0.0696. The summed E-state index contributed by atoms with van der Waals surface area (Å²) >= 11 is 0. The summed E-state index contributed by atoms with van der Waals surface area (Å²) in [5, 5.41) is 11.2. The van der Waals surface area contributed by atoms with Gasteiger partial charge in [-0.1, -0.05) is 6.58 Å². The number of carboxylic acid groups (broad SMARTS) is 1. The molecular weight excluding hydrogens is 194 g/mol. The van der Waals surface area contributed by atoms with Gasteiger partial charge in [0.1, 0.15) is 0 Å². The van der Waals surface area contributed by atoms with Crippen LogP contribution in [-0.4, -0.2) is 17.0 Å². The molecule has 0 aliphatic rings. The standard InChI is InChI=1S/C11H11NO3/c1-7(2)12-10(13)8-3-5-9(6-4-8)11(14)15/h3-6H,1H2,2H3,(H,12,13)(H,14,15). The number of carbonyl (C=O) groups is 2. The van der Waals surface area contributed by atoms with Gasteiger partial charge in [0.25, 0.3) is 5.91 Å². The molecule has 1 aromatic carbocycles. The topological polar surface area (TPSA) is 66.4 Å². The molecule has 0 heterocycles. The Hall–Kier alpha value is -2.10. The van der Waals surface area contributed by atoms with Crippen LogP contribution in [0.25, 0.3) is 0 Å². The van der Waals surface area contributed by atoms with Crippen LogP contribution in [0.4, 0.5) is 0 Å². The Morgan fingerprint density at radius 2 is 1.67 bits per heavy atom. The molecule has 4 heteroatoms. The third-order valence-electron chi connectivity index (χ3n) is 1.72. The smallest absolute Gasteiger partial charge is 0.335 e. The summed E-state index contributed by atoms with van der Waals surface area (Å²) < 4.78 is 0. The van der Waals surface area contributed by atoms with E-state index in [1.54, 1.807) is 6.92 Å². The molecular formula is C11H11NO3. The second-order valence-electron chi connectivity index (χ2n) is 3.12. The fourth-order valence-corrected chi connectivity index (χ4v) is 1.03. The normalized spacial score (nSPS) is 9.40. The maximum atomic E-state index is 11.4. The van der Waals surface area contributed by atoms with E-state index in [-0.39, 0.29) is 11.5 Å². The van der Waals surface area contributed by atoms with Crippen LogP contribution in [0.2, 0.25) is 0 Å². The Balaban J connectivity index is 2.84. The van der Waals surface area contributed by atoms with Gasteiger partial charge in [0.15, 0.2) is 0 Å². The van der Waals surface area contributed by atoms with Crippen molar-refractivity contribution in [1.82, 2.24) is 5.32 Å². The second-order valence-corrected chi connectivity index (χ2v) is 3.12. The number of benzene rings is 1. The Kier molecular flexibility index (Phi) is 3.23. The monoisotopic (exact) mass is 205 g/mol. The zero-order valence-electron chi connectivity index (χ0n) is 8.28. The largest absolute Gasteiger partial charge is 0.478 e. The van der Waals surface area contributed by atoms with Crippen molar-refractivity contribution in [3.05, 3.63) is 47.7 Å². The van der Waals surface area contributed by atoms with Crippen LogP contribution in [0, 0.1) is 0 Å². The maximum Gasteiger partial charge on any atom is 0.335 e. The quantitative estimate of drug-likeness (QED) is 0.788. The minimum Gasteiger partial charge on any atom is -0.478 e. The van der Waals surface area contributed by atoms with Crippen molar-refractivity contribution in [3.8, 4) is 0 Å². The van der Waals surface area contributed by atoms with Gasteiger partial charge in [0.2, 0.25) is 0 Å². The zero-order chi connectivity index (χ0) is 11.4. The van der Waals surface area contributed by atoms with Crippen LogP contribution in [0.5, 0.6) is 0 Å². The zero-order valence-corrected chi connectivity index (χ0v) is 8.28. The lowest BCUT2D eigenvalue weighted by atomic mass is 10.1. The fraction of sp³-hybridized carbons (Fsp3) is 0.0909. The van der Waals surface area contributed by atoms with E-state index < -0.39 is 5.97 Å². The van der Waals surface area contributed by atoms with Gasteiger partial charge < -0.3 is 10.4 Å². The first-order chi connectivity index (χ1) is 7.00. The highest BCUT2D eigenvalue weighted by molar-refractivity contribution is 5.96. The Labute approximate surface area is 87.2 Å². The van der Waals surface area contributed by atoms with Gasteiger partial charge in [-0.25, -0.2) is 4.79 Å². The van der Waals surface area contributed by atoms with E-state index in [0.717, 1.165) is 0 Å². The molecule has 15 heavy (non-hydrogen) atoms. The number of allylic oxidation sites excluding steroid dienone is 1. The SMILES string of the molecule is C=C(C)NC(=O)c1ccc(C(=O)O)cc1. The van der Waals surface area contributed by atoms with Crippen LogP contribution >= 0.6 is 0 Å². The highest BCUT2D eigenvalue weighted by Crippen LogP contribution is 2.04. The number of aromatic carboxylic acids is 1. The van der Waals surface area contributed by atoms with Crippen LogP contribution in [0.1, 0.15) is 27.6 Å². The molecule has 4 nitrogen and oxygen atoms in total. The van der Waals surface area contributed by atoms with Gasteiger partial charge in [0, 0.05) is 11.3 Å². The van der Waals surface area contributed by atoms with E-state index in [2.05, 4.69) is 11.9 Å². The van der Waals surface area contributed by atoms with Gasteiger partial charge in [-0.3, -0.25) is 4.79 Å². The van der Waals surface area contributed by atoms with Gasteiger partial charge in [-0.05, 0) is 31.2 Å². The van der Waals surface area contributed by atoms with E-state index in [1.165, 1.54) is 24.3 Å².